The molecule has 0 N–H and O–H groups in total. The van der Waals surface area contributed by atoms with E-state index in [1.54, 1.807) is 37.3 Å². The van der Waals surface area contributed by atoms with E-state index in [1.807, 2.05) is 0 Å². The summed E-state index contributed by atoms with van der Waals surface area (Å²) in [6.07, 6.45) is 0. The number of hydrogen-bond acceptors (Lipinski definition) is 3. The van der Waals surface area contributed by atoms with E-state index in [9.17, 15) is 15.4 Å². The van der Waals surface area contributed by atoms with E-state index >= 15 is 0 Å². The Balaban J connectivity index is 2.53. The molecule has 21 heavy (non-hydrogen) atoms. The van der Waals surface area contributed by atoms with Gasteiger partial charge in [0.15, 0.2) is 0 Å². The lowest BCUT2D eigenvalue weighted by molar-refractivity contribution is -0.385. The smallest absolute Gasteiger partial charge is 0.258 e. The number of nitriles is 1. The van der Waals surface area contributed by atoms with E-state index in [1.165, 1.54) is 6.07 Å². The van der Waals surface area contributed by atoms with Gasteiger partial charge in [-0.05, 0) is 36.2 Å². The minimum atomic E-state index is -0.603. The summed E-state index contributed by atoms with van der Waals surface area (Å²) in [5, 5.41) is 21.1. The third-order valence-corrected chi connectivity index (χ3v) is 3.73. The zero-order chi connectivity index (χ0) is 15.6. The lowest BCUT2D eigenvalue weighted by atomic mass is 9.91. The molecule has 0 aliphatic rings. The molecule has 1 atom stereocenters. The second kappa shape index (κ2) is 6.13. The zero-order valence-corrected chi connectivity index (χ0v) is 12.5. The molecule has 2 rings (SSSR count). The van der Waals surface area contributed by atoms with E-state index in [0.717, 1.165) is 5.56 Å². The molecule has 0 amide bonds. The Labute approximate surface area is 131 Å². The molecule has 0 aliphatic carbocycles. The van der Waals surface area contributed by atoms with Crippen LogP contribution in [0.1, 0.15) is 22.6 Å². The molecular weight excluding hydrogens is 311 g/mol. The molecule has 0 fully saturated rings. The van der Waals surface area contributed by atoms with Gasteiger partial charge < -0.3 is 0 Å². The molecule has 6 heteroatoms. The predicted molar refractivity (Wildman–Crippen MR) is 81.8 cm³/mol. The van der Waals surface area contributed by atoms with Crippen molar-refractivity contribution in [3.63, 3.8) is 0 Å². The molecule has 2 aromatic rings. The second-order valence-corrected chi connectivity index (χ2v) is 5.37. The molecule has 0 aromatic heterocycles. The van der Waals surface area contributed by atoms with E-state index < -0.39 is 10.8 Å². The van der Waals surface area contributed by atoms with Crippen molar-refractivity contribution >= 4 is 28.9 Å². The molecule has 0 unspecified atom stereocenters. The van der Waals surface area contributed by atoms with Crippen LogP contribution < -0.4 is 0 Å². The topological polar surface area (TPSA) is 66.9 Å². The number of hydrogen-bond donors (Lipinski definition) is 0. The Hall–Kier alpha value is -2.09. The van der Waals surface area contributed by atoms with Crippen molar-refractivity contribution in [3.8, 4) is 6.07 Å². The quantitative estimate of drug-likeness (QED) is 0.598. The number of nitro groups is 1. The number of halogens is 2. The fourth-order valence-electron chi connectivity index (χ4n) is 2.09. The lowest BCUT2D eigenvalue weighted by Crippen LogP contribution is -2.01. The Morgan fingerprint density at radius 3 is 2.38 bits per heavy atom. The van der Waals surface area contributed by atoms with Crippen LogP contribution in [0.4, 0.5) is 5.69 Å². The Kier molecular flexibility index (Phi) is 4.46. The van der Waals surface area contributed by atoms with E-state index in [4.69, 9.17) is 23.2 Å². The Morgan fingerprint density at radius 2 is 1.86 bits per heavy atom. The molecule has 0 heterocycles. The zero-order valence-electron chi connectivity index (χ0n) is 11.0. The molecule has 0 saturated heterocycles. The average Bonchev–Trinajstić information content (AvgIpc) is 2.44. The van der Waals surface area contributed by atoms with Gasteiger partial charge in [0.25, 0.3) is 5.69 Å². The van der Waals surface area contributed by atoms with Crippen molar-refractivity contribution in [2.24, 2.45) is 0 Å². The van der Waals surface area contributed by atoms with E-state index in [2.05, 4.69) is 6.07 Å². The Bertz CT molecular complexity index is 737. The Morgan fingerprint density at radius 1 is 1.24 bits per heavy atom. The fourth-order valence-corrected chi connectivity index (χ4v) is 2.48. The third-order valence-electron chi connectivity index (χ3n) is 3.16. The summed E-state index contributed by atoms with van der Waals surface area (Å²) in [7, 11) is 0. The molecule has 2 aromatic carbocycles. The molecular formula is C15H10Cl2N2O2. The van der Waals surface area contributed by atoms with Crippen LogP contribution in [0.2, 0.25) is 10.0 Å². The molecule has 4 nitrogen and oxygen atoms in total. The molecule has 0 bridgehead atoms. The lowest BCUT2D eigenvalue weighted by Gasteiger charge is -2.13. The second-order valence-electron chi connectivity index (χ2n) is 4.53. The van der Waals surface area contributed by atoms with E-state index in [-0.39, 0.29) is 10.7 Å². The minimum absolute atomic E-state index is 0.0588. The first kappa shape index (κ1) is 15.3. The summed E-state index contributed by atoms with van der Waals surface area (Å²) in [5.74, 6) is -0.603. The number of aryl methyl sites for hydroxylation is 1. The normalized spacial score (nSPS) is 11.7. The van der Waals surface area contributed by atoms with Gasteiger partial charge in [0.05, 0.1) is 21.9 Å². The number of rotatable bonds is 3. The van der Waals surface area contributed by atoms with Crippen LogP contribution in [0.15, 0.2) is 36.4 Å². The summed E-state index contributed by atoms with van der Waals surface area (Å²) in [5.41, 5.74) is 1.69. The fraction of sp³-hybridized carbons (Fsp3) is 0.133. The maximum absolute atomic E-state index is 10.9. The van der Waals surface area contributed by atoms with Crippen LogP contribution in [0, 0.1) is 28.4 Å². The number of nitro benzene ring substituents is 1. The highest BCUT2D eigenvalue weighted by Crippen LogP contribution is 2.34. The van der Waals surface area contributed by atoms with Crippen LogP contribution in [0.3, 0.4) is 0 Å². The van der Waals surface area contributed by atoms with Gasteiger partial charge >= 0.3 is 0 Å². The SMILES string of the molecule is Cc1cc([C@@H](C#N)c2ccc(Cl)cc2)c(Cl)cc1[N+](=O)[O-]. The highest BCUT2D eigenvalue weighted by molar-refractivity contribution is 6.31. The average molecular weight is 321 g/mol. The van der Waals surface area contributed by atoms with Gasteiger partial charge in [0, 0.05) is 16.7 Å². The van der Waals surface area contributed by atoms with Crippen molar-refractivity contribution in [1.82, 2.24) is 0 Å². The van der Waals surface area contributed by atoms with Crippen LogP contribution >= 0.6 is 23.2 Å². The summed E-state index contributed by atoms with van der Waals surface area (Å²) >= 11 is 12.0. The summed E-state index contributed by atoms with van der Waals surface area (Å²) in [6.45, 7) is 1.62. The van der Waals surface area contributed by atoms with Gasteiger partial charge in [0.1, 0.15) is 0 Å². The van der Waals surface area contributed by atoms with Crippen molar-refractivity contribution in [1.29, 1.82) is 5.26 Å². The summed E-state index contributed by atoms with van der Waals surface area (Å²) < 4.78 is 0. The number of benzene rings is 2. The van der Waals surface area contributed by atoms with Crippen molar-refractivity contribution in [3.05, 3.63) is 73.2 Å². The molecule has 0 aliphatic heterocycles. The van der Waals surface area contributed by atoms with Gasteiger partial charge in [-0.2, -0.15) is 5.26 Å². The highest BCUT2D eigenvalue weighted by atomic mass is 35.5. The van der Waals surface area contributed by atoms with Crippen molar-refractivity contribution < 1.29 is 4.92 Å². The number of nitrogens with zero attached hydrogens (tertiary/aromatic N) is 2. The first-order valence-electron chi connectivity index (χ1n) is 6.03. The highest BCUT2D eigenvalue weighted by Gasteiger charge is 2.21. The minimum Gasteiger partial charge on any atom is -0.258 e. The van der Waals surface area contributed by atoms with Gasteiger partial charge in [-0.25, -0.2) is 0 Å². The largest absolute Gasteiger partial charge is 0.273 e. The van der Waals surface area contributed by atoms with Crippen LogP contribution in [-0.4, -0.2) is 4.92 Å². The molecule has 0 radical (unpaired) electrons. The van der Waals surface area contributed by atoms with Gasteiger partial charge in [-0.15, -0.1) is 0 Å². The monoisotopic (exact) mass is 320 g/mol. The van der Waals surface area contributed by atoms with Crippen LogP contribution in [-0.2, 0) is 0 Å². The molecule has 106 valence electrons. The van der Waals surface area contributed by atoms with Crippen LogP contribution in [0.5, 0.6) is 0 Å². The molecule has 0 spiro atoms. The standard InChI is InChI=1S/C15H10Cl2N2O2/c1-9-6-12(14(17)7-15(9)19(20)21)13(8-18)10-2-4-11(16)5-3-10/h2-7,13H,1H3/t13-/m0/s1. The maximum Gasteiger partial charge on any atom is 0.273 e. The summed E-state index contributed by atoms with van der Waals surface area (Å²) in [6, 6.07) is 11.9. The first-order chi connectivity index (χ1) is 9.93. The van der Waals surface area contributed by atoms with Crippen LogP contribution in [0.25, 0.3) is 0 Å². The maximum atomic E-state index is 10.9. The first-order valence-corrected chi connectivity index (χ1v) is 6.79. The molecule has 0 saturated carbocycles. The van der Waals surface area contributed by atoms with Crippen molar-refractivity contribution in [2.75, 3.05) is 0 Å². The van der Waals surface area contributed by atoms with Gasteiger partial charge in [-0.3, -0.25) is 10.1 Å². The van der Waals surface area contributed by atoms with Gasteiger partial charge in [-0.1, -0.05) is 35.3 Å². The third kappa shape index (κ3) is 3.15. The van der Waals surface area contributed by atoms with Crippen molar-refractivity contribution in [2.45, 2.75) is 12.8 Å². The predicted octanol–water partition coefficient (Wildman–Crippen LogP) is 4.87. The summed E-state index contributed by atoms with van der Waals surface area (Å²) in [4.78, 5) is 10.4. The van der Waals surface area contributed by atoms with E-state index in [0.29, 0.717) is 16.1 Å². The van der Waals surface area contributed by atoms with Gasteiger partial charge in [0.2, 0.25) is 0 Å².